The molecule has 0 saturated carbocycles. The number of hydrogen-bond acceptors (Lipinski definition) is 4. The molecule has 168 valence electrons. The van der Waals surface area contributed by atoms with Crippen LogP contribution in [0.3, 0.4) is 0 Å². The highest BCUT2D eigenvalue weighted by Crippen LogP contribution is 2.28. The Kier molecular flexibility index (Phi) is 6.73. The number of halogens is 3. The lowest BCUT2D eigenvalue weighted by Crippen LogP contribution is -2.38. The average Bonchev–Trinajstić information content (AvgIpc) is 2.80. The van der Waals surface area contributed by atoms with Crippen molar-refractivity contribution in [3.63, 3.8) is 0 Å². The summed E-state index contributed by atoms with van der Waals surface area (Å²) in [6.07, 6.45) is -3.02. The number of benzene rings is 3. The summed E-state index contributed by atoms with van der Waals surface area (Å²) in [5, 5.41) is 0. The third kappa shape index (κ3) is 6.33. The lowest BCUT2D eigenvalue weighted by Gasteiger charge is -2.33. The van der Waals surface area contributed by atoms with Crippen molar-refractivity contribution in [3.8, 4) is 17.2 Å². The van der Waals surface area contributed by atoms with E-state index in [1.54, 1.807) is 0 Å². The highest BCUT2D eigenvalue weighted by atomic mass is 19.4. The first-order valence-corrected chi connectivity index (χ1v) is 10.5. The minimum absolute atomic E-state index is 0.0223. The second-order valence-electron chi connectivity index (χ2n) is 7.59. The summed E-state index contributed by atoms with van der Waals surface area (Å²) >= 11 is 0. The molecule has 0 aliphatic carbocycles. The second kappa shape index (κ2) is 9.85. The molecule has 3 aromatic carbocycles. The van der Waals surface area contributed by atoms with Gasteiger partial charge in [-0.3, -0.25) is 0 Å². The Morgan fingerprint density at radius 2 is 1.34 bits per heavy atom. The largest absolute Gasteiger partial charge is 0.573 e. The molecular formula is C25H24F3NO3. The highest BCUT2D eigenvalue weighted by molar-refractivity contribution is 5.49. The third-order valence-electron chi connectivity index (χ3n) is 5.25. The molecule has 1 fully saturated rings. The van der Waals surface area contributed by atoms with Crippen LogP contribution in [0.4, 0.5) is 18.9 Å². The smallest absolute Gasteiger partial charge is 0.490 e. The summed E-state index contributed by atoms with van der Waals surface area (Å²) in [6.45, 7) is 2.21. The van der Waals surface area contributed by atoms with Crippen LogP contribution in [0.5, 0.6) is 17.2 Å². The zero-order valence-electron chi connectivity index (χ0n) is 17.4. The van der Waals surface area contributed by atoms with Crippen LogP contribution in [0.25, 0.3) is 0 Å². The van der Waals surface area contributed by atoms with E-state index in [0.29, 0.717) is 12.4 Å². The molecule has 0 aromatic heterocycles. The Morgan fingerprint density at radius 3 is 1.97 bits per heavy atom. The third-order valence-corrected chi connectivity index (χ3v) is 5.25. The quantitative estimate of drug-likeness (QED) is 0.434. The van der Waals surface area contributed by atoms with Crippen molar-refractivity contribution in [1.29, 1.82) is 0 Å². The Morgan fingerprint density at radius 1 is 0.750 bits per heavy atom. The zero-order valence-corrected chi connectivity index (χ0v) is 17.4. The first kappa shape index (κ1) is 21.9. The Hall–Kier alpha value is -3.35. The molecule has 3 aromatic rings. The summed E-state index contributed by atoms with van der Waals surface area (Å²) < 4.78 is 52.4. The first-order chi connectivity index (χ1) is 15.4. The molecule has 7 heteroatoms. The lowest BCUT2D eigenvalue weighted by atomic mass is 10.1. The summed E-state index contributed by atoms with van der Waals surface area (Å²) in [6, 6.07) is 23.6. The predicted octanol–water partition coefficient (Wildman–Crippen LogP) is 6.21. The minimum Gasteiger partial charge on any atom is -0.490 e. The normalized spacial score (nSPS) is 14.8. The van der Waals surface area contributed by atoms with E-state index in [4.69, 9.17) is 9.47 Å². The van der Waals surface area contributed by atoms with Crippen LogP contribution in [0.1, 0.15) is 18.4 Å². The molecule has 1 aliphatic heterocycles. The van der Waals surface area contributed by atoms with E-state index in [9.17, 15) is 13.2 Å². The molecule has 0 amide bonds. The Bertz CT molecular complexity index is 968. The fraction of sp³-hybridized carbons (Fsp3) is 0.280. The van der Waals surface area contributed by atoms with Crippen LogP contribution < -0.4 is 19.1 Å². The van der Waals surface area contributed by atoms with Gasteiger partial charge >= 0.3 is 6.36 Å². The molecule has 1 saturated heterocycles. The topological polar surface area (TPSA) is 30.9 Å². The van der Waals surface area contributed by atoms with Gasteiger partial charge in [0.15, 0.2) is 0 Å². The maximum atomic E-state index is 12.3. The van der Waals surface area contributed by atoms with Gasteiger partial charge in [-0.15, -0.1) is 13.2 Å². The minimum atomic E-state index is -4.69. The first-order valence-electron chi connectivity index (χ1n) is 10.5. The number of nitrogens with zero attached hydrogens (tertiary/aromatic N) is 1. The maximum absolute atomic E-state index is 12.3. The van der Waals surface area contributed by atoms with Crippen molar-refractivity contribution in [2.75, 3.05) is 18.0 Å². The van der Waals surface area contributed by atoms with Gasteiger partial charge in [0.05, 0.1) is 0 Å². The molecular weight excluding hydrogens is 419 g/mol. The van der Waals surface area contributed by atoms with E-state index in [0.717, 1.165) is 42.9 Å². The summed E-state index contributed by atoms with van der Waals surface area (Å²) in [5.74, 6) is 1.11. The van der Waals surface area contributed by atoms with Crippen molar-refractivity contribution in [2.24, 2.45) is 0 Å². The van der Waals surface area contributed by atoms with Gasteiger partial charge in [-0.25, -0.2) is 0 Å². The number of ether oxygens (including phenoxy) is 3. The van der Waals surface area contributed by atoms with Gasteiger partial charge < -0.3 is 19.1 Å². The predicted molar refractivity (Wildman–Crippen MR) is 116 cm³/mol. The van der Waals surface area contributed by atoms with Crippen LogP contribution in [0.2, 0.25) is 0 Å². The highest BCUT2D eigenvalue weighted by Gasteiger charge is 2.31. The fourth-order valence-electron chi connectivity index (χ4n) is 3.64. The number of hydrogen-bond donors (Lipinski definition) is 0. The van der Waals surface area contributed by atoms with E-state index in [-0.39, 0.29) is 11.9 Å². The van der Waals surface area contributed by atoms with Gasteiger partial charge in [-0.05, 0) is 54.1 Å². The molecule has 4 rings (SSSR count). The van der Waals surface area contributed by atoms with Crippen molar-refractivity contribution < 1.29 is 27.4 Å². The van der Waals surface area contributed by atoms with E-state index >= 15 is 0 Å². The van der Waals surface area contributed by atoms with Gasteiger partial charge in [0.25, 0.3) is 0 Å². The van der Waals surface area contributed by atoms with Crippen molar-refractivity contribution in [3.05, 3.63) is 84.4 Å². The van der Waals surface area contributed by atoms with Gasteiger partial charge in [-0.1, -0.05) is 30.3 Å². The van der Waals surface area contributed by atoms with Crippen LogP contribution >= 0.6 is 0 Å². The monoisotopic (exact) mass is 443 g/mol. The summed E-state index contributed by atoms with van der Waals surface area (Å²) in [5.41, 5.74) is 2.25. The molecule has 0 bridgehead atoms. The van der Waals surface area contributed by atoms with Gasteiger partial charge in [0.1, 0.15) is 30.0 Å². The summed E-state index contributed by atoms with van der Waals surface area (Å²) in [7, 11) is 0. The molecule has 32 heavy (non-hydrogen) atoms. The fourth-order valence-corrected chi connectivity index (χ4v) is 3.64. The molecule has 0 atom stereocenters. The lowest BCUT2D eigenvalue weighted by molar-refractivity contribution is -0.274. The van der Waals surface area contributed by atoms with Crippen LogP contribution in [-0.4, -0.2) is 25.6 Å². The molecule has 1 aliphatic rings. The van der Waals surface area contributed by atoms with Crippen molar-refractivity contribution in [2.45, 2.75) is 31.9 Å². The number of rotatable bonds is 7. The van der Waals surface area contributed by atoms with E-state index in [2.05, 4.69) is 21.8 Å². The van der Waals surface area contributed by atoms with Gasteiger partial charge in [0.2, 0.25) is 0 Å². The SMILES string of the molecule is FC(F)(F)Oc1ccc(OC2CCN(c3ccc(OCc4ccccc4)cc3)CC2)cc1. The average molecular weight is 443 g/mol. The van der Waals surface area contributed by atoms with E-state index in [1.807, 2.05) is 42.5 Å². The van der Waals surface area contributed by atoms with Gasteiger partial charge in [0, 0.05) is 31.6 Å². The van der Waals surface area contributed by atoms with E-state index < -0.39 is 6.36 Å². The van der Waals surface area contributed by atoms with Crippen molar-refractivity contribution in [1.82, 2.24) is 0 Å². The Balaban J connectivity index is 1.23. The Labute approximate surface area is 185 Å². The molecule has 1 heterocycles. The molecule has 0 spiro atoms. The molecule has 4 nitrogen and oxygen atoms in total. The zero-order chi connectivity index (χ0) is 22.4. The van der Waals surface area contributed by atoms with Crippen LogP contribution in [-0.2, 0) is 6.61 Å². The second-order valence-corrected chi connectivity index (χ2v) is 7.59. The molecule has 0 unspecified atom stereocenters. The molecule has 0 radical (unpaired) electrons. The maximum Gasteiger partial charge on any atom is 0.573 e. The number of anilines is 1. The van der Waals surface area contributed by atoms with Crippen molar-refractivity contribution >= 4 is 5.69 Å². The van der Waals surface area contributed by atoms with Crippen LogP contribution in [0, 0.1) is 0 Å². The van der Waals surface area contributed by atoms with E-state index in [1.165, 1.54) is 24.3 Å². The van der Waals surface area contributed by atoms with Crippen LogP contribution in [0.15, 0.2) is 78.9 Å². The molecule has 0 N–H and O–H groups in total. The summed E-state index contributed by atoms with van der Waals surface area (Å²) in [4.78, 5) is 2.29. The number of piperidine rings is 1. The number of alkyl halides is 3. The standard InChI is InChI=1S/C25H24F3NO3/c26-25(27,28)32-24-12-10-22(11-13-24)31-23-14-16-29(17-15-23)20-6-8-21(9-7-20)30-18-19-4-2-1-3-5-19/h1-13,23H,14-18H2. The van der Waals surface area contributed by atoms with Gasteiger partial charge in [-0.2, -0.15) is 0 Å².